The lowest BCUT2D eigenvalue weighted by Gasteiger charge is -2.10. The molecule has 0 aliphatic rings. The zero-order chi connectivity index (χ0) is 23.3. The van der Waals surface area contributed by atoms with Gasteiger partial charge in [-0.15, -0.1) is 0 Å². The van der Waals surface area contributed by atoms with Crippen molar-refractivity contribution in [1.29, 1.82) is 0 Å². The largest absolute Gasteiger partial charge is 0.496 e. The van der Waals surface area contributed by atoms with E-state index in [1.165, 1.54) is 44.6 Å². The zero-order valence-electron chi connectivity index (χ0n) is 16.6. The Kier molecular flexibility index (Phi) is 6.77. The molecule has 0 aliphatic heterocycles. The van der Waals surface area contributed by atoms with Gasteiger partial charge in [0.1, 0.15) is 11.3 Å². The van der Waals surface area contributed by atoms with E-state index < -0.39 is 24.1 Å². The molecule has 0 saturated heterocycles. The lowest BCUT2D eigenvalue weighted by Crippen LogP contribution is -2.08. The standard InChI is InChI=1S/C19H15F2N3O8/c1-28-13-6-4-11(24(26)27)8-12(13)18(25)30-9-16-22-17(23-32-16)10-3-5-14(31-19(20)21)15(7-10)29-2/h3-8,19H,9H2,1-2H3. The van der Waals surface area contributed by atoms with Crippen molar-refractivity contribution >= 4 is 11.7 Å². The molecule has 1 aromatic heterocycles. The fraction of sp³-hybridized carbons (Fsp3) is 0.211. The van der Waals surface area contributed by atoms with Crippen LogP contribution >= 0.6 is 0 Å². The molecule has 0 radical (unpaired) electrons. The maximum Gasteiger partial charge on any atom is 0.387 e. The van der Waals surface area contributed by atoms with Gasteiger partial charge in [-0.2, -0.15) is 13.8 Å². The molecular formula is C19H15F2N3O8. The minimum atomic E-state index is -3.02. The summed E-state index contributed by atoms with van der Waals surface area (Å²) in [5, 5.41) is 14.7. The summed E-state index contributed by atoms with van der Waals surface area (Å²) in [5.74, 6) is -0.964. The summed E-state index contributed by atoms with van der Waals surface area (Å²) in [4.78, 5) is 26.7. The smallest absolute Gasteiger partial charge is 0.387 e. The Balaban J connectivity index is 1.73. The second-order valence-corrected chi connectivity index (χ2v) is 5.97. The zero-order valence-corrected chi connectivity index (χ0v) is 16.6. The number of halogens is 2. The molecule has 0 aliphatic carbocycles. The predicted octanol–water partition coefficient (Wildman–Crippen LogP) is 3.62. The summed E-state index contributed by atoms with van der Waals surface area (Å²) in [7, 11) is 2.58. The van der Waals surface area contributed by atoms with Gasteiger partial charge in [-0.25, -0.2) is 4.79 Å². The number of carbonyl (C=O) groups is 1. The molecule has 0 spiro atoms. The van der Waals surface area contributed by atoms with E-state index in [-0.39, 0.29) is 40.2 Å². The molecule has 0 atom stereocenters. The first-order valence-corrected chi connectivity index (χ1v) is 8.77. The maximum atomic E-state index is 12.4. The molecule has 0 N–H and O–H groups in total. The minimum absolute atomic E-state index is 0.0262. The van der Waals surface area contributed by atoms with Crippen LogP contribution in [0, 0.1) is 10.1 Å². The Morgan fingerprint density at radius 3 is 2.50 bits per heavy atom. The van der Waals surface area contributed by atoms with Crippen LogP contribution in [0.15, 0.2) is 40.9 Å². The van der Waals surface area contributed by atoms with Gasteiger partial charge in [0.15, 0.2) is 18.1 Å². The van der Waals surface area contributed by atoms with Crippen LogP contribution in [-0.4, -0.2) is 41.9 Å². The molecule has 1 heterocycles. The van der Waals surface area contributed by atoms with Gasteiger partial charge in [-0.3, -0.25) is 10.1 Å². The summed E-state index contributed by atoms with van der Waals surface area (Å²) in [5.41, 5.74) is -0.100. The highest BCUT2D eigenvalue weighted by molar-refractivity contribution is 5.93. The predicted molar refractivity (Wildman–Crippen MR) is 102 cm³/mol. The number of hydrogen-bond acceptors (Lipinski definition) is 10. The van der Waals surface area contributed by atoms with E-state index in [9.17, 15) is 23.7 Å². The molecule has 0 amide bonds. The summed E-state index contributed by atoms with van der Waals surface area (Å²) >= 11 is 0. The third kappa shape index (κ3) is 5.06. The van der Waals surface area contributed by atoms with E-state index in [0.717, 1.165) is 6.07 Å². The minimum Gasteiger partial charge on any atom is -0.496 e. The molecule has 3 aromatic rings. The van der Waals surface area contributed by atoms with Gasteiger partial charge in [0.2, 0.25) is 5.82 Å². The first-order valence-electron chi connectivity index (χ1n) is 8.77. The van der Waals surface area contributed by atoms with Crippen LogP contribution in [0.5, 0.6) is 17.2 Å². The third-order valence-corrected chi connectivity index (χ3v) is 4.05. The number of nitrogens with zero attached hydrogens (tertiary/aromatic N) is 3. The van der Waals surface area contributed by atoms with E-state index >= 15 is 0 Å². The number of carbonyl (C=O) groups excluding carboxylic acids is 1. The molecule has 0 saturated carbocycles. The summed E-state index contributed by atoms with van der Waals surface area (Å²) in [6, 6.07) is 7.52. The number of nitro groups is 1. The first kappa shape index (κ1) is 22.4. The Labute approximate surface area is 178 Å². The molecule has 11 nitrogen and oxygen atoms in total. The molecule has 168 valence electrons. The molecule has 0 fully saturated rings. The van der Waals surface area contributed by atoms with Gasteiger partial charge >= 0.3 is 12.6 Å². The highest BCUT2D eigenvalue weighted by atomic mass is 19.3. The number of ether oxygens (including phenoxy) is 4. The third-order valence-electron chi connectivity index (χ3n) is 4.05. The summed E-state index contributed by atoms with van der Waals surface area (Å²) in [6.45, 7) is -3.45. The molecule has 32 heavy (non-hydrogen) atoms. The number of alkyl halides is 2. The van der Waals surface area contributed by atoms with E-state index in [1.807, 2.05) is 0 Å². The number of esters is 1. The Morgan fingerprint density at radius 1 is 1.12 bits per heavy atom. The second kappa shape index (κ2) is 9.68. The van der Waals surface area contributed by atoms with Crippen molar-refractivity contribution in [3.63, 3.8) is 0 Å². The van der Waals surface area contributed by atoms with Crippen LogP contribution in [0.1, 0.15) is 16.2 Å². The van der Waals surface area contributed by atoms with Gasteiger partial charge in [0, 0.05) is 17.7 Å². The second-order valence-electron chi connectivity index (χ2n) is 5.97. The van der Waals surface area contributed by atoms with Crippen LogP contribution in [0.25, 0.3) is 11.4 Å². The lowest BCUT2D eigenvalue weighted by atomic mass is 10.2. The molecule has 0 unspecified atom stereocenters. The number of nitro benzene ring substituents is 1. The highest BCUT2D eigenvalue weighted by Crippen LogP contribution is 2.32. The van der Waals surface area contributed by atoms with E-state index in [0.29, 0.717) is 5.56 Å². The topological polar surface area (TPSA) is 136 Å². The number of benzene rings is 2. The van der Waals surface area contributed by atoms with Gasteiger partial charge in [-0.1, -0.05) is 5.16 Å². The fourth-order valence-electron chi connectivity index (χ4n) is 2.60. The number of hydrogen-bond donors (Lipinski definition) is 0. The highest BCUT2D eigenvalue weighted by Gasteiger charge is 2.20. The van der Waals surface area contributed by atoms with Crippen molar-refractivity contribution in [2.45, 2.75) is 13.2 Å². The van der Waals surface area contributed by atoms with E-state index in [2.05, 4.69) is 14.9 Å². The number of rotatable bonds is 9. The monoisotopic (exact) mass is 451 g/mol. The number of aromatic nitrogens is 2. The fourth-order valence-corrected chi connectivity index (χ4v) is 2.60. The average molecular weight is 451 g/mol. The molecule has 2 aromatic carbocycles. The van der Waals surface area contributed by atoms with Gasteiger partial charge in [0.05, 0.1) is 19.1 Å². The Hall–Kier alpha value is -4.29. The van der Waals surface area contributed by atoms with Crippen molar-refractivity contribution in [2.75, 3.05) is 14.2 Å². The van der Waals surface area contributed by atoms with Crippen molar-refractivity contribution in [3.8, 4) is 28.6 Å². The summed E-state index contributed by atoms with van der Waals surface area (Å²) < 4.78 is 49.4. The van der Waals surface area contributed by atoms with Gasteiger partial charge in [0.25, 0.3) is 11.6 Å². The SMILES string of the molecule is COc1cc(-c2noc(COC(=O)c3cc([N+](=O)[O-])ccc3OC)n2)ccc1OC(F)F. The molecule has 0 bridgehead atoms. The number of methoxy groups -OCH3 is 2. The maximum absolute atomic E-state index is 12.4. The molecule has 3 rings (SSSR count). The summed E-state index contributed by atoms with van der Waals surface area (Å²) in [6.07, 6.45) is 0. The molecule has 13 heteroatoms. The van der Waals surface area contributed by atoms with Crippen LogP contribution in [0.4, 0.5) is 14.5 Å². The van der Waals surface area contributed by atoms with E-state index in [1.54, 1.807) is 0 Å². The quantitative estimate of drug-likeness (QED) is 0.269. The Morgan fingerprint density at radius 2 is 1.84 bits per heavy atom. The molecular weight excluding hydrogens is 436 g/mol. The van der Waals surface area contributed by atoms with Crippen molar-refractivity contribution in [3.05, 3.63) is 58.0 Å². The van der Waals surface area contributed by atoms with Crippen LogP contribution in [0.2, 0.25) is 0 Å². The van der Waals surface area contributed by atoms with Crippen LogP contribution < -0.4 is 14.2 Å². The van der Waals surface area contributed by atoms with Gasteiger partial charge in [-0.05, 0) is 24.3 Å². The normalized spacial score (nSPS) is 10.7. The van der Waals surface area contributed by atoms with Crippen LogP contribution in [-0.2, 0) is 11.3 Å². The van der Waals surface area contributed by atoms with Crippen LogP contribution in [0.3, 0.4) is 0 Å². The van der Waals surface area contributed by atoms with Gasteiger partial charge < -0.3 is 23.5 Å². The van der Waals surface area contributed by atoms with Crippen molar-refractivity contribution in [2.24, 2.45) is 0 Å². The first-order chi connectivity index (χ1) is 15.3. The Bertz CT molecular complexity index is 1140. The number of non-ortho nitro benzene ring substituents is 1. The van der Waals surface area contributed by atoms with Crippen molar-refractivity contribution in [1.82, 2.24) is 10.1 Å². The van der Waals surface area contributed by atoms with Crippen molar-refractivity contribution < 1.29 is 42.0 Å². The average Bonchev–Trinajstić information content (AvgIpc) is 3.25. The van der Waals surface area contributed by atoms with E-state index in [4.69, 9.17) is 18.7 Å². The lowest BCUT2D eigenvalue weighted by molar-refractivity contribution is -0.384.